The summed E-state index contributed by atoms with van der Waals surface area (Å²) in [7, 11) is 3.04. The Kier molecular flexibility index (Phi) is 5.05. The van der Waals surface area contributed by atoms with Crippen molar-refractivity contribution in [1.29, 1.82) is 0 Å². The molecule has 2 heterocycles. The van der Waals surface area contributed by atoms with Gasteiger partial charge in [-0.2, -0.15) is 0 Å². The number of nitrogens with zero attached hydrogens (tertiary/aromatic N) is 2. The summed E-state index contributed by atoms with van der Waals surface area (Å²) in [4.78, 5) is 33.6. The van der Waals surface area contributed by atoms with Gasteiger partial charge in [0.15, 0.2) is 11.5 Å². The number of aromatic nitrogens is 3. The fourth-order valence-electron chi connectivity index (χ4n) is 4.55. The fourth-order valence-corrected chi connectivity index (χ4v) is 4.55. The monoisotopic (exact) mass is 432 g/mol. The molecule has 8 nitrogen and oxygen atoms in total. The number of hydrogen-bond acceptors (Lipinski definition) is 5. The van der Waals surface area contributed by atoms with Crippen molar-refractivity contribution < 1.29 is 14.3 Å². The minimum Gasteiger partial charge on any atom is -0.493 e. The standard InChI is InChI=1S/C24H24N4O4/c1-31-20-10-16-19(11-21(20)32-2)25-13-28(24(16)30)12-22(29)26-18-9-5-7-15-14-6-3-4-8-17(14)27-23(15)18/h3-4,6,8,10-11,13,18,27H,5,7,9,12H2,1-2H3,(H,26,29)/t18-/m0/s1. The molecule has 2 aromatic heterocycles. The summed E-state index contributed by atoms with van der Waals surface area (Å²) < 4.78 is 11.9. The zero-order valence-electron chi connectivity index (χ0n) is 18.0. The maximum Gasteiger partial charge on any atom is 0.261 e. The van der Waals surface area contributed by atoms with Crippen LogP contribution in [0.25, 0.3) is 21.8 Å². The van der Waals surface area contributed by atoms with E-state index in [9.17, 15) is 9.59 Å². The molecule has 4 aromatic rings. The van der Waals surface area contributed by atoms with Crippen LogP contribution in [0.15, 0.2) is 47.5 Å². The molecule has 0 bridgehead atoms. The van der Waals surface area contributed by atoms with Gasteiger partial charge in [0.2, 0.25) is 5.91 Å². The number of aryl methyl sites for hydroxylation is 1. The second-order valence-corrected chi connectivity index (χ2v) is 7.98. The highest BCUT2D eigenvalue weighted by molar-refractivity contribution is 5.86. The number of carbonyl (C=O) groups excluding carboxylic acids is 1. The maximum absolute atomic E-state index is 13.0. The number of carbonyl (C=O) groups is 1. The fraction of sp³-hybridized carbons (Fsp3) is 0.292. The van der Waals surface area contributed by atoms with Crippen molar-refractivity contribution in [2.24, 2.45) is 0 Å². The molecular weight excluding hydrogens is 408 g/mol. The molecule has 1 aliphatic carbocycles. The Hall–Kier alpha value is -3.81. The number of H-pyrrole nitrogens is 1. The molecular formula is C24H24N4O4. The quantitative estimate of drug-likeness (QED) is 0.505. The van der Waals surface area contributed by atoms with Crippen LogP contribution < -0.4 is 20.3 Å². The molecule has 0 unspecified atom stereocenters. The lowest BCUT2D eigenvalue weighted by Crippen LogP contribution is -2.36. The van der Waals surface area contributed by atoms with Gasteiger partial charge >= 0.3 is 0 Å². The van der Waals surface area contributed by atoms with E-state index in [4.69, 9.17) is 9.47 Å². The molecule has 0 aliphatic heterocycles. The minimum atomic E-state index is -0.305. The Balaban J connectivity index is 1.40. The van der Waals surface area contributed by atoms with Gasteiger partial charge in [-0.15, -0.1) is 0 Å². The predicted molar refractivity (Wildman–Crippen MR) is 121 cm³/mol. The van der Waals surface area contributed by atoms with Gasteiger partial charge < -0.3 is 19.8 Å². The Labute approximate surface area is 184 Å². The summed E-state index contributed by atoms with van der Waals surface area (Å²) in [5.41, 5.74) is 3.59. The van der Waals surface area contributed by atoms with E-state index in [1.807, 2.05) is 12.1 Å². The van der Waals surface area contributed by atoms with E-state index in [0.717, 1.165) is 30.5 Å². The first-order valence-electron chi connectivity index (χ1n) is 10.6. The number of hydrogen-bond donors (Lipinski definition) is 2. The summed E-state index contributed by atoms with van der Waals surface area (Å²) in [6.45, 7) is -0.109. The van der Waals surface area contributed by atoms with Crippen LogP contribution in [-0.2, 0) is 17.8 Å². The molecule has 1 aliphatic rings. The van der Waals surface area contributed by atoms with Crippen LogP contribution in [0.1, 0.15) is 30.1 Å². The number of ether oxygens (including phenoxy) is 2. The molecule has 1 atom stereocenters. The third-order valence-electron chi connectivity index (χ3n) is 6.09. The SMILES string of the molecule is COc1cc2ncn(CC(=O)N[C@H]3CCCc4c3[nH]c3ccccc43)c(=O)c2cc1OC. The van der Waals surface area contributed by atoms with Crippen LogP contribution in [0.2, 0.25) is 0 Å². The number of benzene rings is 2. The molecule has 0 fully saturated rings. The van der Waals surface area contributed by atoms with E-state index in [2.05, 4.69) is 27.4 Å². The first-order valence-corrected chi connectivity index (χ1v) is 10.6. The second kappa shape index (κ2) is 8.03. The Morgan fingerprint density at radius 2 is 1.97 bits per heavy atom. The zero-order chi connectivity index (χ0) is 22.2. The lowest BCUT2D eigenvalue weighted by atomic mass is 9.91. The second-order valence-electron chi connectivity index (χ2n) is 7.98. The Morgan fingerprint density at radius 3 is 2.78 bits per heavy atom. The van der Waals surface area contributed by atoms with Crippen molar-refractivity contribution in [2.75, 3.05) is 14.2 Å². The van der Waals surface area contributed by atoms with Crippen molar-refractivity contribution in [1.82, 2.24) is 19.9 Å². The van der Waals surface area contributed by atoms with Crippen LogP contribution in [0.4, 0.5) is 0 Å². The smallest absolute Gasteiger partial charge is 0.261 e. The number of fused-ring (bicyclic) bond motifs is 4. The van der Waals surface area contributed by atoms with Gasteiger partial charge in [0.25, 0.3) is 5.56 Å². The van der Waals surface area contributed by atoms with Gasteiger partial charge in [0, 0.05) is 22.7 Å². The highest BCUT2D eigenvalue weighted by Crippen LogP contribution is 2.34. The molecule has 0 saturated carbocycles. The average Bonchev–Trinajstić information content (AvgIpc) is 3.20. The summed E-state index contributed by atoms with van der Waals surface area (Å²) in [5, 5.41) is 4.68. The van der Waals surface area contributed by atoms with E-state index < -0.39 is 0 Å². The lowest BCUT2D eigenvalue weighted by molar-refractivity contribution is -0.122. The van der Waals surface area contributed by atoms with Crippen LogP contribution >= 0.6 is 0 Å². The van der Waals surface area contributed by atoms with E-state index in [-0.39, 0.29) is 24.1 Å². The number of aromatic amines is 1. The third kappa shape index (κ3) is 3.37. The van der Waals surface area contributed by atoms with Gasteiger partial charge in [-0.05, 0) is 37.0 Å². The largest absolute Gasteiger partial charge is 0.493 e. The molecule has 164 valence electrons. The van der Waals surface area contributed by atoms with Gasteiger partial charge in [0.05, 0.1) is 37.5 Å². The highest BCUT2D eigenvalue weighted by Gasteiger charge is 2.25. The van der Waals surface area contributed by atoms with E-state index in [1.165, 1.54) is 36.1 Å². The molecule has 32 heavy (non-hydrogen) atoms. The Morgan fingerprint density at radius 1 is 1.19 bits per heavy atom. The average molecular weight is 432 g/mol. The normalized spacial score (nSPS) is 15.5. The molecule has 0 spiro atoms. The number of methoxy groups -OCH3 is 2. The maximum atomic E-state index is 13.0. The minimum absolute atomic E-state index is 0.105. The first-order chi connectivity index (χ1) is 15.6. The molecule has 5 rings (SSSR count). The van der Waals surface area contributed by atoms with Gasteiger partial charge in [0.1, 0.15) is 6.54 Å². The van der Waals surface area contributed by atoms with Gasteiger partial charge in [-0.1, -0.05) is 18.2 Å². The summed E-state index contributed by atoms with van der Waals surface area (Å²) >= 11 is 0. The molecule has 8 heteroatoms. The summed E-state index contributed by atoms with van der Waals surface area (Å²) in [6.07, 6.45) is 4.24. The van der Waals surface area contributed by atoms with Crippen LogP contribution in [0.3, 0.4) is 0 Å². The molecule has 0 saturated heterocycles. The van der Waals surface area contributed by atoms with E-state index in [0.29, 0.717) is 22.4 Å². The molecule has 0 radical (unpaired) electrons. The summed E-state index contributed by atoms with van der Waals surface area (Å²) in [5.74, 6) is 0.703. The lowest BCUT2D eigenvalue weighted by Gasteiger charge is -2.24. The predicted octanol–water partition coefficient (Wildman–Crippen LogP) is 3.09. The molecule has 2 N–H and O–H groups in total. The number of amides is 1. The topological polar surface area (TPSA) is 98.2 Å². The number of nitrogens with one attached hydrogen (secondary N) is 2. The van der Waals surface area contributed by atoms with Crippen LogP contribution in [-0.4, -0.2) is 34.7 Å². The summed E-state index contributed by atoms with van der Waals surface area (Å²) in [6, 6.07) is 11.3. The molecule has 1 amide bonds. The van der Waals surface area contributed by atoms with Crippen molar-refractivity contribution in [3.05, 3.63) is 64.3 Å². The Bertz CT molecular complexity index is 1390. The van der Waals surface area contributed by atoms with Gasteiger partial charge in [-0.25, -0.2) is 4.98 Å². The number of rotatable bonds is 5. The van der Waals surface area contributed by atoms with E-state index >= 15 is 0 Å². The van der Waals surface area contributed by atoms with Crippen molar-refractivity contribution in [2.45, 2.75) is 31.8 Å². The zero-order valence-corrected chi connectivity index (χ0v) is 18.0. The van der Waals surface area contributed by atoms with Crippen molar-refractivity contribution >= 4 is 27.7 Å². The first kappa shape index (κ1) is 20.1. The number of para-hydroxylation sites is 1. The highest BCUT2D eigenvalue weighted by atomic mass is 16.5. The molecule has 2 aromatic carbocycles. The van der Waals surface area contributed by atoms with Gasteiger partial charge in [-0.3, -0.25) is 14.2 Å². The van der Waals surface area contributed by atoms with E-state index in [1.54, 1.807) is 12.1 Å². The van der Waals surface area contributed by atoms with Crippen LogP contribution in [0, 0.1) is 0 Å². The van der Waals surface area contributed by atoms with Crippen molar-refractivity contribution in [3.63, 3.8) is 0 Å². The third-order valence-corrected chi connectivity index (χ3v) is 6.09. The van der Waals surface area contributed by atoms with Crippen molar-refractivity contribution in [3.8, 4) is 11.5 Å². The van der Waals surface area contributed by atoms with Crippen LogP contribution in [0.5, 0.6) is 11.5 Å².